The van der Waals surface area contributed by atoms with Gasteiger partial charge in [0.2, 0.25) is 0 Å². The molecule has 5 heteroatoms. The van der Waals surface area contributed by atoms with Gasteiger partial charge in [-0.05, 0) is 30.2 Å². The van der Waals surface area contributed by atoms with Crippen LogP contribution in [-0.4, -0.2) is 24.5 Å². The highest BCUT2D eigenvalue weighted by Gasteiger charge is 2.09. The molecule has 0 bridgehead atoms. The second kappa shape index (κ2) is 6.91. The van der Waals surface area contributed by atoms with E-state index >= 15 is 0 Å². The number of amides is 1. The fraction of sp³-hybridized carbons (Fsp3) is 0.200. The normalized spacial score (nSPS) is 10.1. The molecule has 20 heavy (non-hydrogen) atoms. The molecule has 104 valence electrons. The molecule has 0 unspecified atom stereocenters. The smallest absolute Gasteiger partial charge is 0.252 e. The monoisotopic (exact) mass is 290 g/mol. The number of nitrogens with zero attached hydrogens (tertiary/aromatic N) is 1. The summed E-state index contributed by atoms with van der Waals surface area (Å²) in [5.74, 6) is 0.617. The number of nitrogens with one attached hydrogen (secondary N) is 1. The Morgan fingerprint density at radius 3 is 3.00 bits per heavy atom. The zero-order chi connectivity index (χ0) is 14.4. The molecule has 1 N–H and O–H groups in total. The Hall–Kier alpha value is -2.07. The molecular formula is C15H15ClN2O2. The number of pyridine rings is 1. The molecule has 1 amide bonds. The van der Waals surface area contributed by atoms with Crippen molar-refractivity contribution < 1.29 is 9.53 Å². The van der Waals surface area contributed by atoms with E-state index in [1.807, 2.05) is 24.3 Å². The van der Waals surface area contributed by atoms with Crippen molar-refractivity contribution in [3.05, 3.63) is 58.9 Å². The number of rotatable bonds is 5. The Morgan fingerprint density at radius 1 is 1.40 bits per heavy atom. The van der Waals surface area contributed by atoms with Gasteiger partial charge in [-0.1, -0.05) is 23.7 Å². The number of halogens is 1. The molecule has 2 rings (SSSR count). The average molecular weight is 291 g/mol. The predicted molar refractivity (Wildman–Crippen MR) is 78.3 cm³/mol. The van der Waals surface area contributed by atoms with Crippen molar-refractivity contribution >= 4 is 17.5 Å². The lowest BCUT2D eigenvalue weighted by atomic mass is 10.1. The average Bonchev–Trinajstić information content (AvgIpc) is 2.48. The Bertz CT molecular complexity index is 602. The van der Waals surface area contributed by atoms with Crippen LogP contribution in [0.5, 0.6) is 5.75 Å². The van der Waals surface area contributed by atoms with Gasteiger partial charge in [0.1, 0.15) is 5.75 Å². The van der Waals surface area contributed by atoms with Gasteiger partial charge >= 0.3 is 0 Å². The summed E-state index contributed by atoms with van der Waals surface area (Å²) >= 11 is 5.91. The number of hydrogen-bond acceptors (Lipinski definition) is 3. The summed E-state index contributed by atoms with van der Waals surface area (Å²) in [5, 5.41) is 3.19. The van der Waals surface area contributed by atoms with Crippen LogP contribution in [0.25, 0.3) is 0 Å². The molecule has 0 spiro atoms. The Labute approximate surface area is 122 Å². The van der Waals surface area contributed by atoms with E-state index < -0.39 is 0 Å². The lowest BCUT2D eigenvalue weighted by molar-refractivity contribution is 0.0954. The molecule has 1 heterocycles. The van der Waals surface area contributed by atoms with Crippen LogP contribution in [0.2, 0.25) is 5.02 Å². The number of hydrogen-bond donors (Lipinski definition) is 1. The quantitative estimate of drug-likeness (QED) is 0.921. The van der Waals surface area contributed by atoms with Crippen LogP contribution in [-0.2, 0) is 6.42 Å². The lowest BCUT2D eigenvalue weighted by Crippen LogP contribution is -2.26. The maximum absolute atomic E-state index is 11.9. The summed E-state index contributed by atoms with van der Waals surface area (Å²) in [4.78, 5) is 15.8. The van der Waals surface area contributed by atoms with E-state index in [0.717, 1.165) is 17.7 Å². The maximum Gasteiger partial charge on any atom is 0.252 e. The second-order valence-corrected chi connectivity index (χ2v) is 4.62. The van der Waals surface area contributed by atoms with Gasteiger partial charge in [-0.25, -0.2) is 0 Å². The van der Waals surface area contributed by atoms with Crippen LogP contribution in [0.3, 0.4) is 0 Å². The molecule has 0 aliphatic heterocycles. The molecule has 0 radical (unpaired) electrons. The highest BCUT2D eigenvalue weighted by Crippen LogP contribution is 2.14. The summed E-state index contributed by atoms with van der Waals surface area (Å²) in [5.41, 5.74) is 1.54. The third-order valence-corrected chi connectivity index (χ3v) is 3.15. The predicted octanol–water partition coefficient (Wildman–Crippen LogP) is 2.72. The molecule has 0 aliphatic rings. The van der Waals surface area contributed by atoms with Gasteiger partial charge in [-0.15, -0.1) is 0 Å². The molecule has 0 atom stereocenters. The Kier molecular flexibility index (Phi) is 4.96. The minimum Gasteiger partial charge on any atom is -0.497 e. The van der Waals surface area contributed by atoms with E-state index in [1.54, 1.807) is 19.4 Å². The van der Waals surface area contributed by atoms with Crippen molar-refractivity contribution in [1.29, 1.82) is 0 Å². The highest BCUT2D eigenvalue weighted by molar-refractivity contribution is 6.33. The van der Waals surface area contributed by atoms with E-state index in [2.05, 4.69) is 10.3 Å². The number of methoxy groups -OCH3 is 1. The summed E-state index contributed by atoms with van der Waals surface area (Å²) < 4.78 is 5.16. The molecule has 2 aromatic rings. The standard InChI is InChI=1S/C15H15ClN2O2/c1-20-12-4-2-3-11(9-12)5-8-18-15(19)13-6-7-17-10-14(13)16/h2-4,6-7,9-10H,5,8H2,1H3,(H,18,19). The van der Waals surface area contributed by atoms with Crippen molar-refractivity contribution in [2.45, 2.75) is 6.42 Å². The second-order valence-electron chi connectivity index (χ2n) is 4.21. The van der Waals surface area contributed by atoms with Gasteiger partial charge in [0.25, 0.3) is 5.91 Å². The van der Waals surface area contributed by atoms with Crippen molar-refractivity contribution in [3.63, 3.8) is 0 Å². The van der Waals surface area contributed by atoms with Crippen LogP contribution < -0.4 is 10.1 Å². The van der Waals surface area contributed by atoms with Crippen LogP contribution in [0.15, 0.2) is 42.7 Å². The number of ether oxygens (including phenoxy) is 1. The number of carbonyl (C=O) groups excluding carboxylic acids is 1. The minimum absolute atomic E-state index is 0.194. The van der Waals surface area contributed by atoms with E-state index in [9.17, 15) is 4.79 Å². The first-order valence-corrected chi connectivity index (χ1v) is 6.59. The van der Waals surface area contributed by atoms with Gasteiger partial charge < -0.3 is 10.1 Å². The van der Waals surface area contributed by atoms with E-state index in [4.69, 9.17) is 16.3 Å². The van der Waals surface area contributed by atoms with Gasteiger partial charge in [-0.3, -0.25) is 9.78 Å². The fourth-order valence-corrected chi connectivity index (χ4v) is 2.01. The van der Waals surface area contributed by atoms with Crippen molar-refractivity contribution in [2.75, 3.05) is 13.7 Å². The zero-order valence-corrected chi connectivity index (χ0v) is 11.9. The Balaban J connectivity index is 1.89. The van der Waals surface area contributed by atoms with Crippen LogP contribution >= 0.6 is 11.6 Å². The summed E-state index contributed by atoms with van der Waals surface area (Å²) in [6.45, 7) is 0.532. The van der Waals surface area contributed by atoms with Crippen LogP contribution in [0, 0.1) is 0 Å². The largest absolute Gasteiger partial charge is 0.497 e. The van der Waals surface area contributed by atoms with Gasteiger partial charge in [0.15, 0.2) is 0 Å². The summed E-state index contributed by atoms with van der Waals surface area (Å²) in [6.07, 6.45) is 3.73. The first-order valence-electron chi connectivity index (χ1n) is 6.21. The lowest BCUT2D eigenvalue weighted by Gasteiger charge is -2.07. The minimum atomic E-state index is -0.194. The molecule has 0 saturated heterocycles. The molecule has 0 saturated carbocycles. The van der Waals surface area contributed by atoms with E-state index in [1.165, 1.54) is 6.20 Å². The molecule has 4 nitrogen and oxygen atoms in total. The molecule has 0 fully saturated rings. The Morgan fingerprint density at radius 2 is 2.25 bits per heavy atom. The van der Waals surface area contributed by atoms with E-state index in [0.29, 0.717) is 17.1 Å². The van der Waals surface area contributed by atoms with Gasteiger partial charge in [0.05, 0.1) is 17.7 Å². The van der Waals surface area contributed by atoms with Gasteiger partial charge in [0, 0.05) is 18.9 Å². The van der Waals surface area contributed by atoms with Crippen molar-refractivity contribution in [3.8, 4) is 5.75 Å². The SMILES string of the molecule is COc1cccc(CCNC(=O)c2ccncc2Cl)c1. The number of benzene rings is 1. The third kappa shape index (κ3) is 3.71. The van der Waals surface area contributed by atoms with Gasteiger partial charge in [-0.2, -0.15) is 0 Å². The number of carbonyl (C=O) groups is 1. The van der Waals surface area contributed by atoms with Crippen molar-refractivity contribution in [1.82, 2.24) is 10.3 Å². The number of aromatic nitrogens is 1. The zero-order valence-electron chi connectivity index (χ0n) is 11.1. The van der Waals surface area contributed by atoms with Crippen LogP contribution in [0.4, 0.5) is 0 Å². The fourth-order valence-electron chi connectivity index (χ4n) is 1.80. The molecule has 0 aliphatic carbocycles. The van der Waals surface area contributed by atoms with Crippen molar-refractivity contribution in [2.24, 2.45) is 0 Å². The highest BCUT2D eigenvalue weighted by atomic mass is 35.5. The molecule has 1 aromatic carbocycles. The molecular weight excluding hydrogens is 276 g/mol. The first kappa shape index (κ1) is 14.3. The van der Waals surface area contributed by atoms with Crippen LogP contribution in [0.1, 0.15) is 15.9 Å². The first-order chi connectivity index (χ1) is 9.70. The maximum atomic E-state index is 11.9. The topological polar surface area (TPSA) is 51.2 Å². The third-order valence-electron chi connectivity index (χ3n) is 2.85. The summed E-state index contributed by atoms with van der Waals surface area (Å²) in [7, 11) is 1.63. The van der Waals surface area contributed by atoms with E-state index in [-0.39, 0.29) is 5.91 Å². The summed E-state index contributed by atoms with van der Waals surface area (Å²) in [6, 6.07) is 9.36. The molecule has 1 aromatic heterocycles.